The van der Waals surface area contributed by atoms with Crippen molar-refractivity contribution in [3.05, 3.63) is 89.5 Å². The van der Waals surface area contributed by atoms with Crippen LogP contribution in [0.2, 0.25) is 0 Å². The van der Waals surface area contributed by atoms with Gasteiger partial charge in [-0.2, -0.15) is 0 Å². The number of fused-ring (bicyclic) bond motifs is 3. The minimum Gasteiger partial charge on any atom is -0.481 e. The van der Waals surface area contributed by atoms with Crippen molar-refractivity contribution in [3.8, 4) is 11.1 Å². The van der Waals surface area contributed by atoms with Crippen LogP contribution in [0.3, 0.4) is 0 Å². The maximum absolute atomic E-state index is 12.5. The van der Waals surface area contributed by atoms with Crippen LogP contribution >= 0.6 is 0 Å². The number of carboxylic acids is 1. The van der Waals surface area contributed by atoms with Crippen LogP contribution < -0.4 is 10.6 Å². The van der Waals surface area contributed by atoms with Crippen LogP contribution in [0.15, 0.2) is 72.8 Å². The highest BCUT2D eigenvalue weighted by molar-refractivity contribution is 5.97. The molecule has 2 amide bonds. The number of rotatable bonds is 7. The zero-order chi connectivity index (χ0) is 23.4. The van der Waals surface area contributed by atoms with E-state index < -0.39 is 24.0 Å². The van der Waals surface area contributed by atoms with Gasteiger partial charge in [0.15, 0.2) is 0 Å². The molecule has 1 atom stereocenters. The zero-order valence-electron chi connectivity index (χ0n) is 18.1. The number of hydrogen-bond donors (Lipinski definition) is 3. The number of ether oxygens (including phenoxy) is 1. The number of amides is 2. The summed E-state index contributed by atoms with van der Waals surface area (Å²) < 4.78 is 5.48. The second-order valence-electron chi connectivity index (χ2n) is 7.91. The van der Waals surface area contributed by atoms with Gasteiger partial charge in [-0.05, 0) is 40.8 Å². The lowest BCUT2D eigenvalue weighted by Crippen LogP contribution is -2.42. The lowest BCUT2D eigenvalue weighted by molar-refractivity contribution is -0.136. The minimum absolute atomic E-state index is 0.0739. The molecule has 0 spiro atoms. The standard InChI is InChI=1S/C26H24N2O5/c1-16(25(31)28-23-13-7-2-8-17(23)14-24(29)30)27-26(32)33-15-22-20-11-5-3-9-18(20)19-10-4-6-12-21(19)22/h2-13,16,22H,14-15H2,1H3,(H,27,32)(H,28,31)(H,29,30). The van der Waals surface area contributed by atoms with Gasteiger partial charge in [-0.25, -0.2) is 4.79 Å². The first-order valence-electron chi connectivity index (χ1n) is 10.7. The number of alkyl carbamates (subject to hydrolysis) is 1. The number of nitrogens with one attached hydrogen (secondary N) is 2. The van der Waals surface area contributed by atoms with Crippen LogP contribution in [0.4, 0.5) is 10.5 Å². The van der Waals surface area contributed by atoms with Crippen LogP contribution in [0, 0.1) is 0 Å². The lowest BCUT2D eigenvalue weighted by Gasteiger charge is -2.18. The number of hydrogen-bond acceptors (Lipinski definition) is 4. The molecule has 1 aliphatic rings. The Morgan fingerprint density at radius 2 is 1.48 bits per heavy atom. The summed E-state index contributed by atoms with van der Waals surface area (Å²) in [4.78, 5) is 36.0. The van der Waals surface area contributed by atoms with Gasteiger partial charge in [0.05, 0.1) is 6.42 Å². The highest BCUT2D eigenvalue weighted by Gasteiger charge is 2.29. The molecule has 168 valence electrons. The Bertz CT molecular complexity index is 1160. The zero-order valence-corrected chi connectivity index (χ0v) is 18.1. The third-order valence-corrected chi connectivity index (χ3v) is 5.69. The van der Waals surface area contributed by atoms with Gasteiger partial charge in [-0.15, -0.1) is 0 Å². The Balaban J connectivity index is 1.36. The van der Waals surface area contributed by atoms with Crippen LogP contribution in [-0.2, 0) is 20.7 Å². The number of benzene rings is 3. The Morgan fingerprint density at radius 3 is 2.12 bits per heavy atom. The SMILES string of the molecule is CC(NC(=O)OCC1c2ccccc2-c2ccccc21)C(=O)Nc1ccccc1CC(=O)O. The van der Waals surface area contributed by atoms with Crippen LogP contribution in [-0.4, -0.2) is 35.7 Å². The van der Waals surface area contributed by atoms with Gasteiger partial charge in [0.25, 0.3) is 0 Å². The Kier molecular flexibility index (Phi) is 6.40. The average molecular weight is 444 g/mol. The fraction of sp³-hybridized carbons (Fsp3) is 0.192. The van der Waals surface area contributed by atoms with E-state index in [9.17, 15) is 14.4 Å². The first-order valence-corrected chi connectivity index (χ1v) is 10.7. The molecule has 0 saturated heterocycles. The topological polar surface area (TPSA) is 105 Å². The van der Waals surface area contributed by atoms with E-state index >= 15 is 0 Å². The number of anilines is 1. The monoisotopic (exact) mass is 444 g/mol. The molecule has 0 heterocycles. The third kappa shape index (κ3) is 4.87. The number of aliphatic carboxylic acids is 1. The van der Waals surface area contributed by atoms with E-state index in [1.807, 2.05) is 36.4 Å². The van der Waals surface area contributed by atoms with Gasteiger partial charge in [-0.1, -0.05) is 66.7 Å². The quantitative estimate of drug-likeness (QED) is 0.507. The second kappa shape index (κ2) is 9.56. The van der Waals surface area contributed by atoms with E-state index in [1.54, 1.807) is 24.3 Å². The summed E-state index contributed by atoms with van der Waals surface area (Å²) in [5.74, 6) is -1.54. The van der Waals surface area contributed by atoms with Crippen molar-refractivity contribution in [1.29, 1.82) is 0 Å². The summed E-state index contributed by atoms with van der Waals surface area (Å²) in [5.41, 5.74) is 5.35. The average Bonchev–Trinajstić information content (AvgIpc) is 3.12. The van der Waals surface area contributed by atoms with Crippen LogP contribution in [0.5, 0.6) is 0 Å². The molecule has 33 heavy (non-hydrogen) atoms. The molecule has 7 nitrogen and oxygen atoms in total. The minimum atomic E-state index is -0.999. The summed E-state index contributed by atoms with van der Waals surface area (Å²) in [5, 5.41) is 14.3. The summed E-state index contributed by atoms with van der Waals surface area (Å²) in [7, 11) is 0. The van der Waals surface area contributed by atoms with Crippen molar-refractivity contribution in [1.82, 2.24) is 5.32 Å². The predicted octanol–water partition coefficient (Wildman–Crippen LogP) is 4.18. The lowest BCUT2D eigenvalue weighted by atomic mass is 9.98. The summed E-state index contributed by atoms with van der Waals surface area (Å²) >= 11 is 0. The Morgan fingerprint density at radius 1 is 0.909 bits per heavy atom. The molecule has 0 aliphatic heterocycles. The number of carbonyl (C=O) groups excluding carboxylic acids is 2. The maximum Gasteiger partial charge on any atom is 0.407 e. The van der Waals surface area contributed by atoms with E-state index in [-0.39, 0.29) is 18.9 Å². The van der Waals surface area contributed by atoms with E-state index in [4.69, 9.17) is 9.84 Å². The van der Waals surface area contributed by atoms with Gasteiger partial charge < -0.3 is 20.5 Å². The van der Waals surface area contributed by atoms with Crippen molar-refractivity contribution in [2.24, 2.45) is 0 Å². The molecule has 3 N–H and O–H groups in total. The smallest absolute Gasteiger partial charge is 0.407 e. The van der Waals surface area contributed by atoms with Gasteiger partial charge in [0, 0.05) is 11.6 Å². The van der Waals surface area contributed by atoms with Crippen LogP contribution in [0.1, 0.15) is 29.5 Å². The molecule has 0 radical (unpaired) electrons. The van der Waals surface area contributed by atoms with E-state index in [2.05, 4.69) is 22.8 Å². The molecule has 0 saturated carbocycles. The number of para-hydroxylation sites is 1. The fourth-order valence-electron chi connectivity index (χ4n) is 4.08. The van der Waals surface area contributed by atoms with E-state index in [1.165, 1.54) is 6.92 Å². The molecule has 7 heteroatoms. The highest BCUT2D eigenvalue weighted by Crippen LogP contribution is 2.44. The molecule has 3 aromatic carbocycles. The molecule has 0 fully saturated rings. The normalized spacial score (nSPS) is 12.9. The first-order chi connectivity index (χ1) is 15.9. The number of carbonyl (C=O) groups is 3. The molecular weight excluding hydrogens is 420 g/mol. The molecule has 1 unspecified atom stereocenters. The highest BCUT2D eigenvalue weighted by atomic mass is 16.5. The Hall–Kier alpha value is -4.13. The van der Waals surface area contributed by atoms with Crippen molar-refractivity contribution in [2.45, 2.75) is 25.3 Å². The third-order valence-electron chi connectivity index (χ3n) is 5.69. The fourth-order valence-corrected chi connectivity index (χ4v) is 4.08. The van der Waals surface area contributed by atoms with Gasteiger partial charge in [0.2, 0.25) is 5.91 Å². The summed E-state index contributed by atoms with van der Waals surface area (Å²) in [6, 6.07) is 21.9. The first kappa shape index (κ1) is 22.1. The van der Waals surface area contributed by atoms with Gasteiger partial charge in [0.1, 0.15) is 12.6 Å². The summed E-state index contributed by atoms with van der Waals surface area (Å²) in [6.45, 7) is 1.69. The molecule has 3 aromatic rings. The van der Waals surface area contributed by atoms with Gasteiger partial charge in [-0.3, -0.25) is 9.59 Å². The molecule has 1 aliphatic carbocycles. The molecular formula is C26H24N2O5. The number of carboxylic acid groups (broad SMARTS) is 1. The Labute approximate surface area is 191 Å². The van der Waals surface area contributed by atoms with E-state index in [0.29, 0.717) is 11.3 Å². The molecule has 4 rings (SSSR count). The van der Waals surface area contributed by atoms with Crippen molar-refractivity contribution < 1.29 is 24.2 Å². The predicted molar refractivity (Wildman–Crippen MR) is 124 cm³/mol. The summed E-state index contributed by atoms with van der Waals surface area (Å²) in [6.07, 6.45) is -0.914. The van der Waals surface area contributed by atoms with E-state index in [0.717, 1.165) is 22.3 Å². The van der Waals surface area contributed by atoms with Crippen molar-refractivity contribution in [3.63, 3.8) is 0 Å². The van der Waals surface area contributed by atoms with Crippen molar-refractivity contribution >= 4 is 23.7 Å². The molecule has 0 aromatic heterocycles. The van der Waals surface area contributed by atoms with Gasteiger partial charge >= 0.3 is 12.1 Å². The second-order valence-corrected chi connectivity index (χ2v) is 7.91. The largest absolute Gasteiger partial charge is 0.481 e. The maximum atomic E-state index is 12.5. The molecule has 0 bridgehead atoms. The van der Waals surface area contributed by atoms with Crippen LogP contribution in [0.25, 0.3) is 11.1 Å². The van der Waals surface area contributed by atoms with Crippen molar-refractivity contribution in [2.75, 3.05) is 11.9 Å².